The fourth-order valence-electron chi connectivity index (χ4n) is 1.76. The zero-order valence-corrected chi connectivity index (χ0v) is 9.70. The Morgan fingerprint density at radius 3 is 2.71 bits per heavy atom. The Bertz CT molecular complexity index is 643. The lowest BCUT2D eigenvalue weighted by atomic mass is 10.2. The molecule has 0 saturated carbocycles. The van der Waals surface area contributed by atoms with Gasteiger partial charge in [0.15, 0.2) is 0 Å². The molecular formula is C13H10ClN3. The maximum Gasteiger partial charge on any atom is 0.139 e. The van der Waals surface area contributed by atoms with Gasteiger partial charge in [0.25, 0.3) is 0 Å². The molecule has 0 spiro atoms. The summed E-state index contributed by atoms with van der Waals surface area (Å²) in [6, 6.07) is 11.6. The van der Waals surface area contributed by atoms with Gasteiger partial charge in [0.05, 0.1) is 5.69 Å². The second kappa shape index (κ2) is 4.11. The van der Waals surface area contributed by atoms with Crippen LogP contribution < -0.4 is 5.32 Å². The molecule has 4 heteroatoms. The molecule has 0 radical (unpaired) electrons. The molecule has 0 aliphatic carbocycles. The van der Waals surface area contributed by atoms with Crippen LogP contribution in [-0.4, -0.2) is 9.97 Å². The number of rotatable bonds is 2. The highest BCUT2D eigenvalue weighted by atomic mass is 35.5. The van der Waals surface area contributed by atoms with Crippen LogP contribution in [-0.2, 0) is 0 Å². The third-order valence-corrected chi connectivity index (χ3v) is 2.84. The Morgan fingerprint density at radius 2 is 1.88 bits per heavy atom. The molecule has 2 aromatic heterocycles. The highest BCUT2D eigenvalue weighted by Crippen LogP contribution is 2.24. The van der Waals surface area contributed by atoms with Crippen LogP contribution in [0.4, 0.5) is 11.4 Å². The predicted octanol–water partition coefficient (Wildman–Crippen LogP) is 3.96. The Hall–Kier alpha value is -2.00. The number of hydrogen-bond donors (Lipinski definition) is 2. The lowest BCUT2D eigenvalue weighted by molar-refractivity contribution is 1.32. The number of aromatic amines is 1. The number of aromatic nitrogens is 2. The van der Waals surface area contributed by atoms with E-state index in [9.17, 15) is 0 Å². The van der Waals surface area contributed by atoms with Crippen LogP contribution in [0.1, 0.15) is 0 Å². The van der Waals surface area contributed by atoms with Crippen molar-refractivity contribution in [1.82, 2.24) is 9.97 Å². The molecule has 2 N–H and O–H groups in total. The molecule has 0 fully saturated rings. The second-order valence-corrected chi connectivity index (χ2v) is 4.17. The van der Waals surface area contributed by atoms with Gasteiger partial charge >= 0.3 is 0 Å². The highest BCUT2D eigenvalue weighted by molar-refractivity contribution is 6.30. The van der Waals surface area contributed by atoms with Crippen molar-refractivity contribution in [2.45, 2.75) is 0 Å². The third-order valence-electron chi connectivity index (χ3n) is 2.58. The van der Waals surface area contributed by atoms with Crippen molar-refractivity contribution in [2.75, 3.05) is 5.32 Å². The fourth-order valence-corrected chi connectivity index (χ4v) is 1.88. The average Bonchev–Trinajstić information content (AvgIpc) is 2.81. The molecule has 0 aliphatic rings. The van der Waals surface area contributed by atoms with Crippen LogP contribution in [0.25, 0.3) is 11.0 Å². The molecule has 0 bridgehead atoms. The van der Waals surface area contributed by atoms with Gasteiger partial charge in [-0.2, -0.15) is 0 Å². The van der Waals surface area contributed by atoms with Crippen molar-refractivity contribution in [3.8, 4) is 0 Å². The molecule has 3 rings (SSSR count). The quantitative estimate of drug-likeness (QED) is 0.715. The Labute approximate surface area is 103 Å². The SMILES string of the molecule is Clc1ccc(Nc2ccnc3[nH]ccc23)cc1. The van der Waals surface area contributed by atoms with Gasteiger partial charge in [0.1, 0.15) is 5.65 Å². The molecule has 0 atom stereocenters. The fraction of sp³-hybridized carbons (Fsp3) is 0. The minimum absolute atomic E-state index is 0.733. The van der Waals surface area contributed by atoms with E-state index in [4.69, 9.17) is 11.6 Å². The maximum absolute atomic E-state index is 5.85. The molecule has 3 aromatic rings. The first kappa shape index (κ1) is 10.2. The first-order chi connectivity index (χ1) is 8.33. The minimum atomic E-state index is 0.733. The van der Waals surface area contributed by atoms with Crippen molar-refractivity contribution in [2.24, 2.45) is 0 Å². The zero-order valence-electron chi connectivity index (χ0n) is 8.94. The van der Waals surface area contributed by atoms with Gasteiger partial charge in [-0.05, 0) is 36.4 Å². The lowest BCUT2D eigenvalue weighted by Gasteiger charge is -2.07. The van der Waals surface area contributed by atoms with E-state index in [1.54, 1.807) is 6.20 Å². The normalized spacial score (nSPS) is 10.6. The lowest BCUT2D eigenvalue weighted by Crippen LogP contribution is -1.91. The van der Waals surface area contributed by atoms with E-state index in [0.29, 0.717) is 0 Å². The first-order valence-corrected chi connectivity index (χ1v) is 5.65. The number of H-pyrrole nitrogens is 1. The number of nitrogens with one attached hydrogen (secondary N) is 2. The van der Waals surface area contributed by atoms with Crippen molar-refractivity contribution >= 4 is 34.0 Å². The van der Waals surface area contributed by atoms with Crippen LogP contribution in [0.15, 0.2) is 48.8 Å². The first-order valence-electron chi connectivity index (χ1n) is 5.27. The van der Waals surface area contributed by atoms with Gasteiger partial charge in [-0.15, -0.1) is 0 Å². The van der Waals surface area contributed by atoms with Crippen molar-refractivity contribution in [1.29, 1.82) is 0 Å². The molecule has 17 heavy (non-hydrogen) atoms. The molecule has 0 aliphatic heterocycles. The number of hydrogen-bond acceptors (Lipinski definition) is 2. The third kappa shape index (κ3) is 1.97. The second-order valence-electron chi connectivity index (χ2n) is 3.73. The van der Waals surface area contributed by atoms with Crippen molar-refractivity contribution < 1.29 is 0 Å². The van der Waals surface area contributed by atoms with E-state index in [-0.39, 0.29) is 0 Å². The minimum Gasteiger partial charge on any atom is -0.355 e. The zero-order chi connectivity index (χ0) is 11.7. The van der Waals surface area contributed by atoms with Gasteiger partial charge in [0, 0.05) is 28.5 Å². The Balaban J connectivity index is 1.99. The monoisotopic (exact) mass is 243 g/mol. The van der Waals surface area contributed by atoms with E-state index in [1.807, 2.05) is 42.6 Å². The molecule has 0 amide bonds. The van der Waals surface area contributed by atoms with E-state index in [1.165, 1.54) is 0 Å². The van der Waals surface area contributed by atoms with Gasteiger partial charge in [-0.1, -0.05) is 11.6 Å². The van der Waals surface area contributed by atoms with Crippen molar-refractivity contribution in [3.05, 3.63) is 53.8 Å². The summed E-state index contributed by atoms with van der Waals surface area (Å²) >= 11 is 5.85. The largest absolute Gasteiger partial charge is 0.355 e. The topological polar surface area (TPSA) is 40.7 Å². The van der Waals surface area contributed by atoms with Crippen LogP contribution in [0, 0.1) is 0 Å². The van der Waals surface area contributed by atoms with Crippen LogP contribution in [0.3, 0.4) is 0 Å². The summed E-state index contributed by atoms with van der Waals surface area (Å²) in [4.78, 5) is 7.32. The number of nitrogens with zero attached hydrogens (tertiary/aromatic N) is 1. The number of halogens is 1. The van der Waals surface area contributed by atoms with E-state index < -0.39 is 0 Å². The molecule has 84 valence electrons. The summed E-state index contributed by atoms with van der Waals surface area (Å²) < 4.78 is 0. The number of fused-ring (bicyclic) bond motifs is 1. The van der Waals surface area contributed by atoms with Crippen LogP contribution in [0.5, 0.6) is 0 Å². The Kier molecular flexibility index (Phi) is 2.46. The highest BCUT2D eigenvalue weighted by Gasteiger charge is 2.02. The smallest absolute Gasteiger partial charge is 0.139 e. The molecular weight excluding hydrogens is 234 g/mol. The summed E-state index contributed by atoms with van der Waals surface area (Å²) in [5.74, 6) is 0. The van der Waals surface area contributed by atoms with E-state index in [0.717, 1.165) is 27.4 Å². The molecule has 0 unspecified atom stereocenters. The summed E-state index contributed by atoms with van der Waals surface area (Å²) in [6.07, 6.45) is 3.65. The Morgan fingerprint density at radius 1 is 1.06 bits per heavy atom. The van der Waals surface area contributed by atoms with Gasteiger partial charge in [-0.3, -0.25) is 0 Å². The van der Waals surface area contributed by atoms with Gasteiger partial charge in [0.2, 0.25) is 0 Å². The predicted molar refractivity (Wildman–Crippen MR) is 70.8 cm³/mol. The molecule has 2 heterocycles. The van der Waals surface area contributed by atoms with E-state index in [2.05, 4.69) is 15.3 Å². The van der Waals surface area contributed by atoms with Crippen molar-refractivity contribution in [3.63, 3.8) is 0 Å². The number of pyridine rings is 1. The summed E-state index contributed by atoms with van der Waals surface area (Å²) in [7, 11) is 0. The molecule has 1 aromatic carbocycles. The van der Waals surface area contributed by atoms with Crippen LogP contribution >= 0.6 is 11.6 Å². The summed E-state index contributed by atoms with van der Waals surface area (Å²) in [5, 5.41) is 5.15. The number of benzene rings is 1. The average molecular weight is 244 g/mol. The summed E-state index contributed by atoms with van der Waals surface area (Å²) in [6.45, 7) is 0. The summed E-state index contributed by atoms with van der Waals surface area (Å²) in [5.41, 5.74) is 2.91. The maximum atomic E-state index is 5.85. The number of anilines is 2. The van der Waals surface area contributed by atoms with E-state index >= 15 is 0 Å². The van der Waals surface area contributed by atoms with Crippen LogP contribution in [0.2, 0.25) is 5.02 Å². The van der Waals surface area contributed by atoms with Gasteiger partial charge < -0.3 is 10.3 Å². The van der Waals surface area contributed by atoms with Gasteiger partial charge in [-0.25, -0.2) is 4.98 Å². The standard InChI is InChI=1S/C13H10ClN3/c14-9-1-3-10(4-2-9)17-12-6-8-16-13-11(12)5-7-15-13/h1-8H,(H2,15,16,17). The molecule has 3 nitrogen and oxygen atoms in total. The molecule has 0 saturated heterocycles.